The minimum absolute atomic E-state index is 0.0159. The van der Waals surface area contributed by atoms with Crippen molar-refractivity contribution in [3.63, 3.8) is 0 Å². The van der Waals surface area contributed by atoms with Crippen molar-refractivity contribution < 1.29 is 14.3 Å². The molecule has 1 N–H and O–H groups in total. The number of nitrogens with zero attached hydrogens (tertiary/aromatic N) is 2. The summed E-state index contributed by atoms with van der Waals surface area (Å²) in [6.45, 7) is 7.81. The number of anilines is 1. The molecule has 2 aliphatic rings. The fourth-order valence-electron chi connectivity index (χ4n) is 3.69. The first kappa shape index (κ1) is 17.9. The summed E-state index contributed by atoms with van der Waals surface area (Å²) in [5.74, 6) is -0.279. The van der Waals surface area contributed by atoms with E-state index in [-0.39, 0.29) is 36.4 Å². The van der Waals surface area contributed by atoms with Gasteiger partial charge in [0, 0.05) is 44.8 Å². The molecule has 0 bridgehead atoms. The fraction of sp³-hybridized carbons (Fsp3) is 0.579. The fourth-order valence-corrected chi connectivity index (χ4v) is 3.69. The van der Waals surface area contributed by atoms with Gasteiger partial charge < -0.3 is 15.0 Å². The van der Waals surface area contributed by atoms with Crippen LogP contribution in [-0.4, -0.2) is 61.6 Å². The smallest absolute Gasteiger partial charge is 0.227 e. The molecule has 6 nitrogen and oxygen atoms in total. The van der Waals surface area contributed by atoms with Crippen LogP contribution < -0.4 is 10.2 Å². The summed E-state index contributed by atoms with van der Waals surface area (Å²) in [5, 5.41) is 2.99. The van der Waals surface area contributed by atoms with Crippen LogP contribution in [0.4, 0.5) is 5.69 Å². The summed E-state index contributed by atoms with van der Waals surface area (Å²) in [4.78, 5) is 28.6. The van der Waals surface area contributed by atoms with Crippen molar-refractivity contribution >= 4 is 17.5 Å². The summed E-state index contributed by atoms with van der Waals surface area (Å²) < 4.78 is 5.72. The Kier molecular flexibility index (Phi) is 5.71. The maximum atomic E-state index is 12.4. The molecule has 25 heavy (non-hydrogen) atoms. The second kappa shape index (κ2) is 7.97. The molecule has 0 unspecified atom stereocenters. The number of carbonyl (C=O) groups is 2. The number of nitrogens with one attached hydrogen (secondary N) is 1. The number of amides is 2. The third-order valence-corrected chi connectivity index (χ3v) is 4.79. The predicted molar refractivity (Wildman–Crippen MR) is 96.4 cm³/mol. The molecule has 0 radical (unpaired) electrons. The molecule has 2 fully saturated rings. The molecule has 2 aliphatic heterocycles. The molecule has 2 amide bonds. The van der Waals surface area contributed by atoms with E-state index < -0.39 is 0 Å². The molecule has 1 aromatic rings. The quantitative estimate of drug-likeness (QED) is 0.873. The standard InChI is InChI=1S/C19H27N3O3/c1-14-11-21(12-15(2)25-14)9-8-20-19(24)16-10-18(23)22(13-16)17-6-4-3-5-7-17/h3-7,14-16H,8-13H2,1-2H3,(H,20,24)/t14-,15-,16+/m1/s1. The lowest BCUT2D eigenvalue weighted by atomic mass is 10.1. The Morgan fingerprint density at radius 2 is 1.84 bits per heavy atom. The number of carbonyl (C=O) groups excluding carboxylic acids is 2. The van der Waals surface area contributed by atoms with Gasteiger partial charge in [-0.3, -0.25) is 14.5 Å². The number of rotatable bonds is 5. The Morgan fingerprint density at radius 3 is 2.52 bits per heavy atom. The first-order chi connectivity index (χ1) is 12.0. The average Bonchev–Trinajstić information content (AvgIpc) is 2.97. The first-order valence-electron chi connectivity index (χ1n) is 9.04. The number of para-hydroxylation sites is 1. The maximum Gasteiger partial charge on any atom is 0.227 e. The van der Waals surface area contributed by atoms with E-state index in [1.165, 1.54) is 0 Å². The third kappa shape index (κ3) is 4.58. The van der Waals surface area contributed by atoms with Gasteiger partial charge in [-0.2, -0.15) is 0 Å². The van der Waals surface area contributed by atoms with Crippen LogP contribution in [0.1, 0.15) is 20.3 Å². The Bertz CT molecular complexity index is 597. The van der Waals surface area contributed by atoms with Gasteiger partial charge in [-0.05, 0) is 26.0 Å². The van der Waals surface area contributed by atoms with Crippen molar-refractivity contribution in [2.45, 2.75) is 32.5 Å². The van der Waals surface area contributed by atoms with Gasteiger partial charge in [0.2, 0.25) is 11.8 Å². The molecular weight excluding hydrogens is 318 g/mol. The zero-order chi connectivity index (χ0) is 17.8. The van der Waals surface area contributed by atoms with Crippen LogP contribution in [0.3, 0.4) is 0 Å². The normalized spacial score (nSPS) is 27.5. The first-order valence-corrected chi connectivity index (χ1v) is 9.04. The minimum Gasteiger partial charge on any atom is -0.373 e. The van der Waals surface area contributed by atoms with Crippen LogP contribution in [0.5, 0.6) is 0 Å². The second-order valence-electron chi connectivity index (χ2n) is 7.05. The lowest BCUT2D eigenvalue weighted by Gasteiger charge is -2.35. The average molecular weight is 345 g/mol. The molecule has 1 aromatic carbocycles. The molecule has 3 atom stereocenters. The molecule has 0 spiro atoms. The van der Waals surface area contributed by atoms with Gasteiger partial charge in [0.25, 0.3) is 0 Å². The van der Waals surface area contributed by atoms with Gasteiger partial charge in [0.15, 0.2) is 0 Å². The monoisotopic (exact) mass is 345 g/mol. The van der Waals surface area contributed by atoms with Gasteiger partial charge in [-0.25, -0.2) is 0 Å². The van der Waals surface area contributed by atoms with E-state index in [1.54, 1.807) is 4.90 Å². The molecule has 0 aliphatic carbocycles. The van der Waals surface area contributed by atoms with Crippen LogP contribution in [0.2, 0.25) is 0 Å². The number of benzene rings is 1. The zero-order valence-corrected chi connectivity index (χ0v) is 15.0. The highest BCUT2D eigenvalue weighted by Gasteiger charge is 2.35. The van der Waals surface area contributed by atoms with E-state index in [4.69, 9.17) is 4.74 Å². The lowest BCUT2D eigenvalue weighted by molar-refractivity contribution is -0.126. The van der Waals surface area contributed by atoms with Gasteiger partial charge in [-0.15, -0.1) is 0 Å². The Morgan fingerprint density at radius 1 is 1.16 bits per heavy atom. The van der Waals surface area contributed by atoms with E-state index in [0.717, 1.165) is 25.3 Å². The van der Waals surface area contributed by atoms with Crippen LogP contribution >= 0.6 is 0 Å². The SMILES string of the molecule is C[C@@H]1CN(CCNC(=O)[C@H]2CC(=O)N(c3ccccc3)C2)C[C@@H](C)O1. The van der Waals surface area contributed by atoms with Crippen LogP contribution in [0.15, 0.2) is 30.3 Å². The minimum atomic E-state index is -0.268. The molecular formula is C19H27N3O3. The Hall–Kier alpha value is -1.92. The summed E-state index contributed by atoms with van der Waals surface area (Å²) in [5.41, 5.74) is 0.860. The summed E-state index contributed by atoms with van der Waals surface area (Å²) in [6, 6.07) is 9.53. The molecule has 0 aromatic heterocycles. The van der Waals surface area contributed by atoms with Crippen molar-refractivity contribution in [3.8, 4) is 0 Å². The number of hydrogen-bond donors (Lipinski definition) is 1. The van der Waals surface area contributed by atoms with Crippen molar-refractivity contribution in [1.82, 2.24) is 10.2 Å². The molecule has 2 saturated heterocycles. The lowest BCUT2D eigenvalue weighted by Crippen LogP contribution is -2.48. The number of morpholine rings is 1. The molecule has 0 saturated carbocycles. The van der Waals surface area contributed by atoms with E-state index in [1.807, 2.05) is 30.3 Å². The van der Waals surface area contributed by atoms with Gasteiger partial charge in [0.05, 0.1) is 18.1 Å². The molecule has 2 heterocycles. The Balaban J connectivity index is 1.45. The van der Waals surface area contributed by atoms with Gasteiger partial charge in [-0.1, -0.05) is 18.2 Å². The van der Waals surface area contributed by atoms with E-state index >= 15 is 0 Å². The topological polar surface area (TPSA) is 61.9 Å². The van der Waals surface area contributed by atoms with Gasteiger partial charge in [0.1, 0.15) is 0 Å². The highest BCUT2D eigenvalue weighted by Crippen LogP contribution is 2.24. The number of hydrogen-bond acceptors (Lipinski definition) is 4. The van der Waals surface area contributed by atoms with Gasteiger partial charge >= 0.3 is 0 Å². The third-order valence-electron chi connectivity index (χ3n) is 4.79. The van der Waals surface area contributed by atoms with Crippen molar-refractivity contribution in [3.05, 3.63) is 30.3 Å². The van der Waals surface area contributed by atoms with E-state index in [2.05, 4.69) is 24.1 Å². The largest absolute Gasteiger partial charge is 0.373 e. The highest BCUT2D eigenvalue weighted by molar-refractivity contribution is 6.00. The van der Waals surface area contributed by atoms with Crippen molar-refractivity contribution in [2.24, 2.45) is 5.92 Å². The summed E-state index contributed by atoms with van der Waals surface area (Å²) >= 11 is 0. The zero-order valence-electron chi connectivity index (χ0n) is 15.0. The van der Waals surface area contributed by atoms with Crippen molar-refractivity contribution in [1.29, 1.82) is 0 Å². The van der Waals surface area contributed by atoms with Crippen LogP contribution in [-0.2, 0) is 14.3 Å². The van der Waals surface area contributed by atoms with E-state index in [0.29, 0.717) is 13.1 Å². The maximum absolute atomic E-state index is 12.4. The second-order valence-corrected chi connectivity index (χ2v) is 7.05. The van der Waals surface area contributed by atoms with Crippen molar-refractivity contribution in [2.75, 3.05) is 37.6 Å². The van der Waals surface area contributed by atoms with Crippen LogP contribution in [0.25, 0.3) is 0 Å². The number of ether oxygens (including phenoxy) is 1. The molecule has 136 valence electrons. The summed E-state index contributed by atoms with van der Waals surface area (Å²) in [6.07, 6.45) is 0.740. The highest BCUT2D eigenvalue weighted by atomic mass is 16.5. The van der Waals surface area contributed by atoms with Crippen LogP contribution in [0, 0.1) is 5.92 Å². The molecule has 6 heteroatoms. The summed E-state index contributed by atoms with van der Waals surface area (Å²) in [7, 11) is 0. The predicted octanol–water partition coefficient (Wildman–Crippen LogP) is 1.26. The Labute approximate surface area is 149 Å². The molecule has 3 rings (SSSR count). The van der Waals surface area contributed by atoms with E-state index in [9.17, 15) is 9.59 Å².